The lowest BCUT2D eigenvalue weighted by Gasteiger charge is -2.67. The number of aliphatic hydroxyl groups is 2. The number of carbonyl (C=O) groups is 4. The Bertz CT molecular complexity index is 1380. The molecule has 10 nitrogen and oxygen atoms in total. The second-order valence-electron chi connectivity index (χ2n) is 13.5. The van der Waals surface area contributed by atoms with Gasteiger partial charge in [-0.1, -0.05) is 27.7 Å². The molecule has 8 atom stereocenters. The molecule has 4 aliphatic rings. The third-order valence-electron chi connectivity index (χ3n) is 10.8. The number of carbonyl (C=O) groups excluding carboxylic acids is 4. The van der Waals surface area contributed by atoms with Crippen LogP contribution in [0.25, 0.3) is 0 Å². The molecule has 1 aliphatic heterocycles. The van der Waals surface area contributed by atoms with E-state index < -0.39 is 82.1 Å². The summed E-state index contributed by atoms with van der Waals surface area (Å²) < 4.78 is 18.2. The van der Waals surface area contributed by atoms with Crippen LogP contribution in [0.4, 0.5) is 5.69 Å². The second-order valence-corrected chi connectivity index (χ2v) is 13.5. The highest BCUT2D eigenvalue weighted by atomic mass is 16.6. The van der Waals surface area contributed by atoms with Gasteiger partial charge in [0.15, 0.2) is 17.2 Å². The summed E-state index contributed by atoms with van der Waals surface area (Å²) in [5.74, 6) is -4.00. The zero-order valence-electron chi connectivity index (χ0n) is 25.5. The van der Waals surface area contributed by atoms with E-state index in [1.54, 1.807) is 52.0 Å². The van der Waals surface area contributed by atoms with Crippen LogP contribution >= 0.6 is 0 Å². The summed E-state index contributed by atoms with van der Waals surface area (Å²) in [4.78, 5) is 56.3. The zero-order valence-corrected chi connectivity index (χ0v) is 25.5. The minimum absolute atomic E-state index is 0.0919. The third kappa shape index (κ3) is 3.94. The number of aliphatic hydroxyl groups excluding tert-OH is 1. The number of Topliss-reactive ketones (excluding diaryl/α,β-unsaturated/α-hetero) is 2. The Morgan fingerprint density at radius 1 is 1.10 bits per heavy atom. The average molecular weight is 584 g/mol. The van der Waals surface area contributed by atoms with Crippen LogP contribution in [0.15, 0.2) is 35.4 Å². The van der Waals surface area contributed by atoms with Crippen LogP contribution in [0.2, 0.25) is 0 Å². The molecule has 0 aromatic heterocycles. The number of benzene rings is 1. The number of allylic oxidation sites excluding steroid dienone is 1. The van der Waals surface area contributed by atoms with Crippen LogP contribution in [0.3, 0.4) is 0 Å². The number of ether oxygens (including phenoxy) is 3. The topological polar surface area (TPSA) is 140 Å². The van der Waals surface area contributed by atoms with Gasteiger partial charge in [-0.2, -0.15) is 0 Å². The number of rotatable bonds is 4. The minimum atomic E-state index is -2.07. The van der Waals surface area contributed by atoms with Crippen molar-refractivity contribution in [2.45, 2.75) is 83.9 Å². The largest absolute Gasteiger partial charge is 0.455 e. The van der Waals surface area contributed by atoms with Crippen LogP contribution < -0.4 is 4.90 Å². The molecule has 1 aromatic rings. The van der Waals surface area contributed by atoms with Crippen molar-refractivity contribution in [2.75, 3.05) is 25.6 Å². The van der Waals surface area contributed by atoms with Gasteiger partial charge in [0.2, 0.25) is 0 Å². The Morgan fingerprint density at radius 2 is 1.71 bits per heavy atom. The highest BCUT2D eigenvalue weighted by Crippen LogP contribution is 2.64. The monoisotopic (exact) mass is 583 g/mol. The number of esters is 2. The van der Waals surface area contributed by atoms with Gasteiger partial charge in [0.25, 0.3) is 0 Å². The van der Waals surface area contributed by atoms with Gasteiger partial charge in [-0.3, -0.25) is 14.4 Å². The maximum absolute atomic E-state index is 14.5. The van der Waals surface area contributed by atoms with Gasteiger partial charge < -0.3 is 29.3 Å². The molecule has 2 N–H and O–H groups in total. The maximum Gasteiger partial charge on any atom is 0.338 e. The predicted octanol–water partition coefficient (Wildman–Crippen LogP) is 2.63. The van der Waals surface area contributed by atoms with E-state index in [-0.39, 0.29) is 23.3 Å². The molecule has 1 heterocycles. The molecule has 2 bridgehead atoms. The first-order valence-electron chi connectivity index (χ1n) is 14.4. The number of hydrogen-bond acceptors (Lipinski definition) is 10. The van der Waals surface area contributed by atoms with E-state index in [4.69, 9.17) is 14.2 Å². The van der Waals surface area contributed by atoms with Crippen molar-refractivity contribution >= 4 is 29.2 Å². The highest BCUT2D eigenvalue weighted by Gasteiger charge is 2.77. The molecule has 1 aromatic carbocycles. The van der Waals surface area contributed by atoms with E-state index in [0.29, 0.717) is 6.42 Å². The van der Waals surface area contributed by atoms with Gasteiger partial charge in [-0.15, -0.1) is 0 Å². The summed E-state index contributed by atoms with van der Waals surface area (Å²) >= 11 is 0. The third-order valence-corrected chi connectivity index (χ3v) is 10.8. The van der Waals surface area contributed by atoms with E-state index in [1.165, 1.54) is 6.92 Å². The van der Waals surface area contributed by atoms with Crippen molar-refractivity contribution in [3.05, 3.63) is 41.0 Å². The van der Waals surface area contributed by atoms with Crippen molar-refractivity contribution in [3.63, 3.8) is 0 Å². The molecule has 1 saturated heterocycles. The van der Waals surface area contributed by atoms with Gasteiger partial charge >= 0.3 is 11.9 Å². The molecule has 42 heavy (non-hydrogen) atoms. The van der Waals surface area contributed by atoms with Crippen LogP contribution in [-0.2, 0) is 28.6 Å². The van der Waals surface area contributed by atoms with Gasteiger partial charge in [0.1, 0.15) is 23.9 Å². The van der Waals surface area contributed by atoms with Gasteiger partial charge in [-0.25, -0.2) is 4.79 Å². The van der Waals surface area contributed by atoms with E-state index in [1.807, 2.05) is 25.9 Å². The molecule has 0 spiro atoms. The molecular formula is C32H41NO9. The van der Waals surface area contributed by atoms with Gasteiger partial charge in [0, 0.05) is 44.0 Å². The lowest BCUT2D eigenvalue weighted by atomic mass is 9.43. The fourth-order valence-corrected chi connectivity index (χ4v) is 8.10. The van der Waals surface area contributed by atoms with Crippen LogP contribution in [0, 0.1) is 22.7 Å². The number of ketones is 2. The molecule has 0 radical (unpaired) electrons. The Hall–Kier alpha value is -3.08. The molecule has 3 fully saturated rings. The van der Waals surface area contributed by atoms with Crippen LogP contribution in [-0.4, -0.2) is 83.9 Å². The summed E-state index contributed by atoms with van der Waals surface area (Å²) in [6.45, 7) is 9.51. The fourth-order valence-electron chi connectivity index (χ4n) is 8.10. The maximum atomic E-state index is 14.5. The Morgan fingerprint density at radius 3 is 2.24 bits per heavy atom. The summed E-state index contributed by atoms with van der Waals surface area (Å²) in [6.07, 6.45) is -3.91. The minimum Gasteiger partial charge on any atom is -0.455 e. The van der Waals surface area contributed by atoms with Crippen molar-refractivity contribution in [1.82, 2.24) is 0 Å². The van der Waals surface area contributed by atoms with Gasteiger partial charge in [-0.05, 0) is 54.7 Å². The number of nitrogens with zero attached hydrogens (tertiary/aromatic N) is 1. The predicted molar refractivity (Wildman–Crippen MR) is 152 cm³/mol. The number of fused-ring (bicyclic) bond motifs is 5. The van der Waals surface area contributed by atoms with E-state index in [2.05, 4.69) is 0 Å². The number of hydrogen-bond donors (Lipinski definition) is 2. The molecule has 2 saturated carbocycles. The van der Waals surface area contributed by atoms with E-state index >= 15 is 0 Å². The molecular weight excluding hydrogens is 542 g/mol. The molecule has 3 aliphatic carbocycles. The molecule has 6 unspecified atom stereocenters. The van der Waals surface area contributed by atoms with Gasteiger partial charge in [0.05, 0.1) is 18.1 Å². The first-order chi connectivity index (χ1) is 19.4. The first-order valence-corrected chi connectivity index (χ1v) is 14.4. The summed E-state index contributed by atoms with van der Waals surface area (Å²) in [5.41, 5.74) is -4.95. The fraction of sp³-hybridized carbons (Fsp3) is 0.625. The first kappa shape index (κ1) is 30.4. The summed E-state index contributed by atoms with van der Waals surface area (Å²) in [6, 6.07) is 6.72. The van der Waals surface area contributed by atoms with Crippen molar-refractivity contribution in [1.29, 1.82) is 0 Å². The van der Waals surface area contributed by atoms with Crippen molar-refractivity contribution < 1.29 is 43.6 Å². The van der Waals surface area contributed by atoms with Crippen LogP contribution in [0.5, 0.6) is 0 Å². The molecule has 228 valence electrons. The van der Waals surface area contributed by atoms with E-state index in [0.717, 1.165) is 5.69 Å². The average Bonchev–Trinajstić information content (AvgIpc) is 2.90. The Kier molecular flexibility index (Phi) is 7.03. The Balaban J connectivity index is 1.77. The molecule has 5 rings (SSSR count). The normalized spacial score (nSPS) is 38.8. The lowest BCUT2D eigenvalue weighted by Crippen LogP contribution is -2.80. The summed E-state index contributed by atoms with van der Waals surface area (Å²) in [7, 11) is 3.74. The number of anilines is 1. The van der Waals surface area contributed by atoms with Crippen molar-refractivity contribution in [2.24, 2.45) is 22.7 Å². The van der Waals surface area contributed by atoms with Crippen LogP contribution in [0.1, 0.15) is 64.7 Å². The lowest BCUT2D eigenvalue weighted by molar-refractivity contribution is -0.338. The zero-order chi connectivity index (χ0) is 31.2. The van der Waals surface area contributed by atoms with Crippen molar-refractivity contribution in [3.8, 4) is 0 Å². The quantitative estimate of drug-likeness (QED) is 0.509. The SMILES string of the molecule is CC(=O)OC12COC1C[C@H](C)[C@@]1(C)C(=O)C(O)C3=C(C)C(=O)CC(O)(C(OC(=O)c4ccc(N(C)C)cc4)C21)C3(C)C. The highest BCUT2D eigenvalue weighted by molar-refractivity contribution is 6.02. The molecule has 0 amide bonds. The standard InChI is InChI=1S/C32H41NO9/c1-16-13-22-31(15-40-22,42-18(3)34)25-27(41-28(38)19-9-11-20(12-10-19)33(7)8)32(39)14-21(35)17(2)23(29(32,4)5)24(36)26(37)30(16,25)6/h9-12,16,22,24-25,27,36,39H,13-15H2,1-8H3/t16-,22?,24?,25?,27?,30+,31?,32?/m0/s1. The smallest absolute Gasteiger partial charge is 0.338 e. The summed E-state index contributed by atoms with van der Waals surface area (Å²) in [5, 5.41) is 24.5. The molecule has 10 heteroatoms. The Labute approximate surface area is 246 Å². The second kappa shape index (κ2) is 9.72. The van der Waals surface area contributed by atoms with E-state index in [9.17, 15) is 29.4 Å².